The van der Waals surface area contributed by atoms with Crippen LogP contribution in [0.5, 0.6) is 0 Å². The van der Waals surface area contributed by atoms with Crippen LogP contribution in [0.3, 0.4) is 0 Å². The highest BCUT2D eigenvalue weighted by molar-refractivity contribution is 5.88. The van der Waals surface area contributed by atoms with Gasteiger partial charge in [-0.3, -0.25) is 19.5 Å². The van der Waals surface area contributed by atoms with Gasteiger partial charge in [0.05, 0.1) is 17.9 Å². The van der Waals surface area contributed by atoms with Crippen molar-refractivity contribution in [2.75, 3.05) is 29.9 Å². The number of rotatable bonds is 4. The normalized spacial score (nSPS) is 21.9. The number of hydrogen-bond donors (Lipinski definition) is 2. The molecule has 0 spiro atoms. The van der Waals surface area contributed by atoms with E-state index in [1.54, 1.807) is 0 Å². The third-order valence-electron chi connectivity index (χ3n) is 5.54. The number of benzene rings is 1. The molecule has 0 saturated carbocycles. The first-order valence-corrected chi connectivity index (χ1v) is 10.5. The van der Waals surface area contributed by atoms with Crippen LogP contribution in [-0.2, 0) is 29.0 Å². The molecule has 1 aromatic heterocycles. The summed E-state index contributed by atoms with van der Waals surface area (Å²) in [6.07, 6.45) is 0.900. The van der Waals surface area contributed by atoms with E-state index in [2.05, 4.69) is 20.1 Å². The van der Waals surface area contributed by atoms with Crippen molar-refractivity contribution in [3.8, 4) is 0 Å². The number of nitrogens with one attached hydrogen (secondary N) is 2. The van der Waals surface area contributed by atoms with Gasteiger partial charge in [0.15, 0.2) is 0 Å². The molecule has 1 saturated heterocycles. The van der Waals surface area contributed by atoms with Crippen LogP contribution in [0.4, 0.5) is 11.6 Å². The number of aromatic nitrogens is 2. The molecule has 0 unspecified atom stereocenters. The molecule has 8 nitrogen and oxygen atoms in total. The molecule has 2 aliphatic heterocycles. The van der Waals surface area contributed by atoms with Crippen molar-refractivity contribution in [1.82, 2.24) is 14.9 Å². The van der Waals surface area contributed by atoms with Gasteiger partial charge in [0.2, 0.25) is 11.9 Å². The molecule has 1 amide bonds. The van der Waals surface area contributed by atoms with Gasteiger partial charge in [-0.05, 0) is 38.0 Å². The number of hydrogen-bond acceptors (Lipinski definition) is 6. The van der Waals surface area contributed by atoms with Gasteiger partial charge in [-0.15, -0.1) is 0 Å². The Bertz CT molecular complexity index is 962. The first kappa shape index (κ1) is 20.6. The number of carbonyl (C=O) groups is 1. The number of amides is 1. The van der Waals surface area contributed by atoms with Gasteiger partial charge in [-0.25, -0.2) is 4.98 Å². The van der Waals surface area contributed by atoms with Crippen LogP contribution in [0.25, 0.3) is 0 Å². The number of H-pyrrole nitrogens is 1. The number of nitrogens with zero attached hydrogens (tertiary/aromatic N) is 3. The summed E-state index contributed by atoms with van der Waals surface area (Å²) < 4.78 is 5.80. The molecular weight excluding hydrogens is 382 g/mol. The molecule has 4 rings (SSSR count). The third kappa shape index (κ3) is 4.71. The highest BCUT2D eigenvalue weighted by atomic mass is 16.5. The summed E-state index contributed by atoms with van der Waals surface area (Å²) in [6, 6.07) is 7.87. The number of aromatic amines is 1. The summed E-state index contributed by atoms with van der Waals surface area (Å²) in [5.74, 6) is 0.564. The lowest BCUT2D eigenvalue weighted by molar-refractivity contribution is -0.114. The second kappa shape index (κ2) is 8.57. The van der Waals surface area contributed by atoms with Crippen LogP contribution < -0.4 is 15.8 Å². The van der Waals surface area contributed by atoms with Gasteiger partial charge in [0.1, 0.15) is 0 Å². The predicted molar refractivity (Wildman–Crippen MR) is 116 cm³/mol. The van der Waals surface area contributed by atoms with Crippen molar-refractivity contribution >= 4 is 17.5 Å². The Morgan fingerprint density at radius 2 is 1.93 bits per heavy atom. The maximum Gasteiger partial charge on any atom is 0.255 e. The number of ether oxygens (including phenoxy) is 1. The second-order valence-corrected chi connectivity index (χ2v) is 8.32. The quantitative estimate of drug-likeness (QED) is 0.799. The van der Waals surface area contributed by atoms with Crippen LogP contribution in [0.2, 0.25) is 0 Å². The largest absolute Gasteiger partial charge is 0.372 e. The number of anilines is 2. The first-order valence-electron chi connectivity index (χ1n) is 10.5. The summed E-state index contributed by atoms with van der Waals surface area (Å²) >= 11 is 0. The Balaban J connectivity index is 1.48. The van der Waals surface area contributed by atoms with E-state index >= 15 is 0 Å². The molecule has 1 aromatic carbocycles. The Morgan fingerprint density at radius 3 is 2.60 bits per heavy atom. The molecule has 0 radical (unpaired) electrons. The summed E-state index contributed by atoms with van der Waals surface area (Å²) in [6.45, 7) is 9.25. The average molecular weight is 412 g/mol. The number of morpholine rings is 1. The lowest BCUT2D eigenvalue weighted by atomic mass is 10.1. The lowest BCUT2D eigenvalue weighted by Gasteiger charge is -2.36. The fourth-order valence-corrected chi connectivity index (χ4v) is 4.27. The maximum absolute atomic E-state index is 12.7. The molecule has 160 valence electrons. The van der Waals surface area contributed by atoms with Gasteiger partial charge in [-0.1, -0.05) is 12.1 Å². The minimum absolute atomic E-state index is 0.0268. The third-order valence-corrected chi connectivity index (χ3v) is 5.54. The van der Waals surface area contributed by atoms with Crippen LogP contribution >= 0.6 is 0 Å². The smallest absolute Gasteiger partial charge is 0.255 e. The predicted octanol–water partition coefficient (Wildman–Crippen LogP) is 1.90. The minimum Gasteiger partial charge on any atom is -0.372 e. The summed E-state index contributed by atoms with van der Waals surface area (Å²) in [7, 11) is 0. The molecule has 2 aromatic rings. The molecule has 0 aliphatic carbocycles. The minimum atomic E-state index is -0.0773. The molecule has 8 heteroatoms. The van der Waals surface area contributed by atoms with Crippen molar-refractivity contribution in [3.05, 3.63) is 51.4 Å². The van der Waals surface area contributed by atoms with Gasteiger partial charge >= 0.3 is 0 Å². The Morgan fingerprint density at radius 1 is 1.23 bits per heavy atom. The second-order valence-electron chi connectivity index (χ2n) is 8.32. The Kier molecular flexibility index (Phi) is 5.87. The number of carbonyl (C=O) groups excluding carboxylic acids is 1. The van der Waals surface area contributed by atoms with E-state index in [9.17, 15) is 9.59 Å². The van der Waals surface area contributed by atoms with Gasteiger partial charge in [-0.2, -0.15) is 0 Å². The zero-order valence-electron chi connectivity index (χ0n) is 17.8. The molecule has 0 bridgehead atoms. The highest BCUT2D eigenvalue weighted by Crippen LogP contribution is 2.21. The average Bonchev–Trinajstić information content (AvgIpc) is 2.68. The van der Waals surface area contributed by atoms with Crippen LogP contribution in [0.15, 0.2) is 29.1 Å². The first-order chi connectivity index (χ1) is 14.4. The fourth-order valence-electron chi connectivity index (χ4n) is 4.27. The Labute approximate surface area is 176 Å². The van der Waals surface area contributed by atoms with Crippen molar-refractivity contribution in [1.29, 1.82) is 0 Å². The Hall–Kier alpha value is -2.71. The van der Waals surface area contributed by atoms with Gasteiger partial charge < -0.3 is 15.0 Å². The lowest BCUT2D eigenvalue weighted by Crippen LogP contribution is -2.47. The van der Waals surface area contributed by atoms with Crippen molar-refractivity contribution in [2.24, 2.45) is 0 Å². The molecule has 2 N–H and O–H groups in total. The van der Waals surface area contributed by atoms with Crippen LogP contribution in [0.1, 0.15) is 37.6 Å². The molecule has 2 aliphatic rings. The van der Waals surface area contributed by atoms with Crippen molar-refractivity contribution < 1.29 is 9.53 Å². The maximum atomic E-state index is 12.7. The van der Waals surface area contributed by atoms with E-state index in [0.29, 0.717) is 18.9 Å². The van der Waals surface area contributed by atoms with Crippen LogP contribution in [0, 0.1) is 0 Å². The molecule has 3 heterocycles. The van der Waals surface area contributed by atoms with E-state index in [1.165, 1.54) is 6.92 Å². The van der Waals surface area contributed by atoms with E-state index in [4.69, 9.17) is 9.72 Å². The van der Waals surface area contributed by atoms with Gasteiger partial charge in [0.25, 0.3) is 5.56 Å². The molecule has 30 heavy (non-hydrogen) atoms. The zero-order chi connectivity index (χ0) is 21.3. The standard InChI is InChI=1S/C22H29N5O3/c1-14-10-27(11-15(2)30-14)22-24-20-13-26(9-8-19(20)21(29)25-22)12-17-4-6-18(7-5-17)23-16(3)28/h4-7,14-15H,8-13H2,1-3H3,(H,23,28)(H,24,25,29)/t14-,15-/m1/s1. The van der Waals surface area contributed by atoms with E-state index in [1.807, 2.05) is 38.1 Å². The summed E-state index contributed by atoms with van der Waals surface area (Å²) in [5.41, 5.74) is 3.59. The monoisotopic (exact) mass is 411 g/mol. The number of fused-ring (bicyclic) bond motifs is 1. The molecule has 2 atom stereocenters. The topological polar surface area (TPSA) is 90.6 Å². The zero-order valence-corrected chi connectivity index (χ0v) is 17.8. The van der Waals surface area contributed by atoms with E-state index in [-0.39, 0.29) is 23.7 Å². The highest BCUT2D eigenvalue weighted by Gasteiger charge is 2.27. The van der Waals surface area contributed by atoms with E-state index in [0.717, 1.165) is 48.7 Å². The summed E-state index contributed by atoms with van der Waals surface area (Å²) in [4.78, 5) is 36.1. The van der Waals surface area contributed by atoms with E-state index < -0.39 is 0 Å². The van der Waals surface area contributed by atoms with Gasteiger partial charge in [0, 0.05) is 50.9 Å². The fraction of sp³-hybridized carbons (Fsp3) is 0.500. The van der Waals surface area contributed by atoms with Crippen molar-refractivity contribution in [2.45, 2.75) is 52.5 Å². The molecule has 1 fully saturated rings. The van der Waals surface area contributed by atoms with Crippen LogP contribution in [-0.4, -0.2) is 52.6 Å². The SMILES string of the molecule is CC(=O)Nc1ccc(CN2CCc3c(nc(N4C[C@@H](C)O[C@H](C)C4)[nH]c3=O)C2)cc1. The summed E-state index contributed by atoms with van der Waals surface area (Å²) in [5, 5.41) is 2.78. The molecular formula is C22H29N5O3. The van der Waals surface area contributed by atoms with Crippen molar-refractivity contribution in [3.63, 3.8) is 0 Å².